The second-order valence-electron chi connectivity index (χ2n) is 8.41. The van der Waals surface area contributed by atoms with Crippen molar-refractivity contribution in [2.45, 2.75) is 26.1 Å². The Bertz CT molecular complexity index is 1420. The average Bonchev–Trinajstić information content (AvgIpc) is 2.85. The maximum Gasteiger partial charge on any atom is 0.132 e. The molecule has 5 rings (SSSR count). The van der Waals surface area contributed by atoms with Gasteiger partial charge >= 0.3 is 0 Å². The van der Waals surface area contributed by atoms with E-state index in [1.807, 2.05) is 0 Å². The van der Waals surface area contributed by atoms with Crippen LogP contribution in [0.3, 0.4) is 0 Å². The Labute approximate surface area is 205 Å². The van der Waals surface area contributed by atoms with Crippen LogP contribution in [0.4, 0.5) is 0 Å². The van der Waals surface area contributed by atoms with Gasteiger partial charge in [0.2, 0.25) is 0 Å². The highest BCUT2D eigenvalue weighted by Gasteiger charge is 2.26. The van der Waals surface area contributed by atoms with E-state index in [4.69, 9.17) is 9.47 Å². The minimum atomic E-state index is -0.0863. The molecule has 0 spiro atoms. The number of hydrogen-bond acceptors (Lipinski definition) is 2. The Morgan fingerprint density at radius 2 is 1.09 bits per heavy atom. The molecule has 1 heterocycles. The molecule has 168 valence electrons. The van der Waals surface area contributed by atoms with Crippen LogP contribution in [0.1, 0.15) is 25.0 Å². The van der Waals surface area contributed by atoms with Crippen LogP contribution in [0.5, 0.6) is 11.5 Å². The van der Waals surface area contributed by atoms with Crippen LogP contribution in [0, 0.1) is 23.7 Å². The van der Waals surface area contributed by atoms with Gasteiger partial charge in [-0.3, -0.25) is 0 Å². The first kappa shape index (κ1) is 22.8. The van der Waals surface area contributed by atoms with Gasteiger partial charge in [0.05, 0.1) is 0 Å². The number of fused-ring (bicyclic) bond motifs is 7. The van der Waals surface area contributed by atoms with Gasteiger partial charge in [0, 0.05) is 34.6 Å². The molecule has 4 unspecified atom stereocenters. The predicted octanol–water partition coefficient (Wildman–Crippen LogP) is 6.66. The van der Waals surface area contributed by atoms with Gasteiger partial charge < -0.3 is 9.47 Å². The molecule has 0 saturated heterocycles. The third-order valence-electron chi connectivity index (χ3n) is 6.17. The lowest BCUT2D eigenvalue weighted by molar-refractivity contribution is 0.0764. The smallest absolute Gasteiger partial charge is 0.132 e. The molecule has 4 aromatic carbocycles. The Balaban J connectivity index is 1.82. The second-order valence-corrected chi connectivity index (χ2v) is 9.22. The molecule has 0 N–H and O–H groups in total. The molecule has 4 aromatic rings. The van der Waals surface area contributed by atoms with Gasteiger partial charge in [-0.2, -0.15) is 0 Å². The van der Waals surface area contributed by atoms with Crippen LogP contribution in [-0.2, 0) is 0 Å². The van der Waals surface area contributed by atoms with Crippen molar-refractivity contribution in [3.63, 3.8) is 0 Å². The van der Waals surface area contributed by atoms with Gasteiger partial charge in [-0.05, 0) is 71.8 Å². The summed E-state index contributed by atoms with van der Waals surface area (Å²) in [5.41, 5.74) is 4.14. The number of benzene rings is 4. The molecule has 0 fully saturated rings. The summed E-state index contributed by atoms with van der Waals surface area (Å²) >= 11 is 0. The normalized spacial score (nSPS) is 16.5. The van der Waals surface area contributed by atoms with E-state index in [9.17, 15) is 0 Å². The predicted molar refractivity (Wildman–Crippen MR) is 150 cm³/mol. The molecule has 0 saturated carbocycles. The summed E-state index contributed by atoms with van der Waals surface area (Å²) in [6.45, 7) is 4.12. The summed E-state index contributed by atoms with van der Waals surface area (Å²) in [6.07, 6.45) is 1.34. The quantitative estimate of drug-likeness (QED) is 0.207. The van der Waals surface area contributed by atoms with Gasteiger partial charge in [0.25, 0.3) is 0 Å². The van der Waals surface area contributed by atoms with Crippen LogP contribution in [-0.4, -0.2) is 24.5 Å². The van der Waals surface area contributed by atoms with Crippen LogP contribution in [0.25, 0.3) is 32.7 Å². The molecular formula is C30H26O2P2. The average molecular weight is 480 g/mol. The largest absolute Gasteiger partial charge is 0.486 e. The SMILES string of the molecule is CC1Oc2ccc3cc(C#CCP)ccc3c2-c2c(ccc3cc(C#CCP)ccc23)OC1C. The first-order valence-electron chi connectivity index (χ1n) is 11.4. The molecule has 4 atom stereocenters. The van der Waals surface area contributed by atoms with E-state index < -0.39 is 0 Å². The fourth-order valence-corrected chi connectivity index (χ4v) is 4.59. The Morgan fingerprint density at radius 3 is 1.50 bits per heavy atom. The summed E-state index contributed by atoms with van der Waals surface area (Å²) in [4.78, 5) is 0. The third-order valence-corrected chi connectivity index (χ3v) is 6.58. The molecule has 34 heavy (non-hydrogen) atoms. The molecule has 0 bridgehead atoms. The second kappa shape index (κ2) is 9.69. The van der Waals surface area contributed by atoms with Crippen molar-refractivity contribution < 1.29 is 9.47 Å². The van der Waals surface area contributed by atoms with E-state index in [0.29, 0.717) is 0 Å². The summed E-state index contributed by atoms with van der Waals surface area (Å²) in [6, 6.07) is 21.2. The van der Waals surface area contributed by atoms with E-state index in [2.05, 4.69) is 117 Å². The molecule has 1 aliphatic heterocycles. The fourth-order valence-electron chi connectivity index (χ4n) is 4.39. The Hall–Kier alpha value is -3.02. The number of rotatable bonds is 0. The minimum Gasteiger partial charge on any atom is -0.486 e. The van der Waals surface area contributed by atoms with Crippen molar-refractivity contribution in [2.75, 3.05) is 12.3 Å². The third kappa shape index (κ3) is 4.26. The topological polar surface area (TPSA) is 18.5 Å². The van der Waals surface area contributed by atoms with E-state index in [-0.39, 0.29) is 12.2 Å². The Morgan fingerprint density at radius 1 is 0.647 bits per heavy atom. The van der Waals surface area contributed by atoms with Crippen LogP contribution in [0.15, 0.2) is 60.7 Å². The maximum absolute atomic E-state index is 6.45. The van der Waals surface area contributed by atoms with Gasteiger partial charge in [0.15, 0.2) is 0 Å². The van der Waals surface area contributed by atoms with Crippen molar-refractivity contribution in [3.8, 4) is 46.3 Å². The van der Waals surface area contributed by atoms with Crippen molar-refractivity contribution in [1.82, 2.24) is 0 Å². The first-order chi connectivity index (χ1) is 16.6. The van der Waals surface area contributed by atoms with Gasteiger partial charge in [-0.1, -0.05) is 47.9 Å². The molecular weight excluding hydrogens is 454 g/mol. The zero-order chi connectivity index (χ0) is 23.7. The molecule has 2 nitrogen and oxygen atoms in total. The van der Waals surface area contributed by atoms with E-state index in [0.717, 1.165) is 67.6 Å². The standard InChI is InChI=1S/C30H26O2P2/c1-19-20(2)32-28-14-10-24-18-22(6-4-16-34)8-12-26(24)30(28)29-25-11-7-21(5-3-15-33)17-23(25)9-13-27(29)31-19/h7-14,17-20H,15-16,33-34H2,1-2H3. The van der Waals surface area contributed by atoms with E-state index >= 15 is 0 Å². The van der Waals surface area contributed by atoms with Gasteiger partial charge in [0.1, 0.15) is 23.7 Å². The lowest BCUT2D eigenvalue weighted by Crippen LogP contribution is -2.32. The first-order valence-corrected chi connectivity index (χ1v) is 13.1. The lowest BCUT2D eigenvalue weighted by Gasteiger charge is -2.30. The zero-order valence-electron chi connectivity index (χ0n) is 19.3. The van der Waals surface area contributed by atoms with E-state index in [1.165, 1.54) is 0 Å². The van der Waals surface area contributed by atoms with Crippen LogP contribution < -0.4 is 9.47 Å². The molecule has 0 aromatic heterocycles. The van der Waals surface area contributed by atoms with Gasteiger partial charge in [-0.15, -0.1) is 18.5 Å². The Kier molecular flexibility index (Phi) is 6.48. The lowest BCUT2D eigenvalue weighted by atomic mass is 9.90. The number of hydrogen-bond donors (Lipinski definition) is 0. The van der Waals surface area contributed by atoms with Crippen LogP contribution >= 0.6 is 18.5 Å². The zero-order valence-corrected chi connectivity index (χ0v) is 21.6. The van der Waals surface area contributed by atoms with Crippen molar-refractivity contribution in [1.29, 1.82) is 0 Å². The molecule has 4 heteroatoms. The van der Waals surface area contributed by atoms with E-state index in [1.54, 1.807) is 0 Å². The summed E-state index contributed by atoms with van der Waals surface area (Å²) < 4.78 is 12.9. The van der Waals surface area contributed by atoms with Crippen molar-refractivity contribution >= 4 is 40.0 Å². The van der Waals surface area contributed by atoms with Crippen molar-refractivity contribution in [3.05, 3.63) is 71.8 Å². The highest BCUT2D eigenvalue weighted by Crippen LogP contribution is 2.47. The summed E-state index contributed by atoms with van der Waals surface area (Å²) in [5, 5.41) is 4.51. The molecule has 0 aliphatic carbocycles. The summed E-state index contributed by atoms with van der Waals surface area (Å²) in [5.74, 6) is 14.5. The monoisotopic (exact) mass is 480 g/mol. The van der Waals surface area contributed by atoms with Crippen molar-refractivity contribution in [2.24, 2.45) is 0 Å². The summed E-state index contributed by atoms with van der Waals surface area (Å²) in [7, 11) is 5.30. The fraction of sp³-hybridized carbons (Fsp3) is 0.200. The molecule has 0 radical (unpaired) electrons. The maximum atomic E-state index is 6.45. The molecule has 1 aliphatic rings. The van der Waals surface area contributed by atoms with Crippen LogP contribution in [0.2, 0.25) is 0 Å². The number of ether oxygens (including phenoxy) is 2. The molecule has 0 amide bonds. The highest BCUT2D eigenvalue weighted by atomic mass is 31.0. The van der Waals surface area contributed by atoms with Gasteiger partial charge in [-0.25, -0.2) is 0 Å². The minimum absolute atomic E-state index is 0.0863. The highest BCUT2D eigenvalue weighted by molar-refractivity contribution is 7.17.